The summed E-state index contributed by atoms with van der Waals surface area (Å²) in [7, 11) is 1.70. The third-order valence-corrected chi connectivity index (χ3v) is 2.04. The minimum atomic E-state index is -0.0782. The second kappa shape index (κ2) is 5.06. The van der Waals surface area contributed by atoms with E-state index >= 15 is 0 Å². The molecule has 1 N–H and O–H groups in total. The smallest absolute Gasteiger partial charge is 0.234 e. The van der Waals surface area contributed by atoms with E-state index in [0.717, 1.165) is 5.56 Å². The maximum Gasteiger partial charge on any atom is 0.234 e. The number of hydrogen-bond donors (Lipinski definition) is 1. The van der Waals surface area contributed by atoms with Gasteiger partial charge in [-0.1, -0.05) is 18.1 Å². The molecule has 3 heteroatoms. The predicted octanol–water partition coefficient (Wildman–Crippen LogP) is 1.37. The van der Waals surface area contributed by atoms with Gasteiger partial charge >= 0.3 is 0 Å². The SMILES string of the molecule is C#CCC(=O)N(C)Cc1ccc(O)cc1. The highest BCUT2D eigenvalue weighted by atomic mass is 16.3. The molecule has 1 amide bonds. The van der Waals surface area contributed by atoms with Crippen molar-refractivity contribution in [2.75, 3.05) is 7.05 Å². The van der Waals surface area contributed by atoms with Crippen LogP contribution in [0.15, 0.2) is 24.3 Å². The predicted molar refractivity (Wildman–Crippen MR) is 58.0 cm³/mol. The van der Waals surface area contributed by atoms with Gasteiger partial charge < -0.3 is 10.0 Å². The zero-order valence-corrected chi connectivity index (χ0v) is 8.60. The molecule has 0 unspecified atom stereocenters. The molecule has 3 nitrogen and oxygen atoms in total. The molecule has 0 spiro atoms. The molecule has 0 aliphatic carbocycles. The van der Waals surface area contributed by atoms with E-state index in [9.17, 15) is 4.79 Å². The Morgan fingerprint density at radius 1 is 1.47 bits per heavy atom. The maximum absolute atomic E-state index is 11.3. The average molecular weight is 203 g/mol. The van der Waals surface area contributed by atoms with Crippen LogP contribution in [-0.2, 0) is 11.3 Å². The number of phenolic OH excluding ortho intramolecular Hbond substituents is 1. The van der Waals surface area contributed by atoms with Crippen LogP contribution in [0.3, 0.4) is 0 Å². The minimum Gasteiger partial charge on any atom is -0.508 e. The summed E-state index contributed by atoms with van der Waals surface area (Å²) in [5, 5.41) is 9.08. The van der Waals surface area contributed by atoms with Crippen molar-refractivity contribution in [2.45, 2.75) is 13.0 Å². The minimum absolute atomic E-state index is 0.0782. The standard InChI is InChI=1S/C12H13NO2/c1-3-4-12(15)13(2)9-10-5-7-11(14)8-6-10/h1,5-8,14H,4,9H2,2H3. The largest absolute Gasteiger partial charge is 0.508 e. The first kappa shape index (κ1) is 11.1. The van der Waals surface area contributed by atoms with Gasteiger partial charge in [-0.2, -0.15) is 0 Å². The summed E-state index contributed by atoms with van der Waals surface area (Å²) in [6.07, 6.45) is 5.17. The van der Waals surface area contributed by atoms with E-state index in [-0.39, 0.29) is 18.1 Å². The van der Waals surface area contributed by atoms with Crippen LogP contribution in [-0.4, -0.2) is 23.0 Å². The van der Waals surface area contributed by atoms with Gasteiger partial charge in [-0.05, 0) is 17.7 Å². The summed E-state index contributed by atoms with van der Waals surface area (Å²) in [4.78, 5) is 12.9. The Kier molecular flexibility index (Phi) is 3.75. The lowest BCUT2D eigenvalue weighted by molar-refractivity contribution is -0.129. The van der Waals surface area contributed by atoms with Crippen LogP contribution in [0.1, 0.15) is 12.0 Å². The van der Waals surface area contributed by atoms with Crippen molar-refractivity contribution in [3.8, 4) is 18.1 Å². The zero-order valence-electron chi connectivity index (χ0n) is 8.60. The third kappa shape index (κ3) is 3.35. The van der Waals surface area contributed by atoms with Crippen molar-refractivity contribution in [1.29, 1.82) is 0 Å². The van der Waals surface area contributed by atoms with Gasteiger partial charge in [0.1, 0.15) is 5.75 Å². The van der Waals surface area contributed by atoms with Gasteiger partial charge in [0.2, 0.25) is 5.91 Å². The fraction of sp³-hybridized carbons (Fsp3) is 0.250. The van der Waals surface area contributed by atoms with Crippen molar-refractivity contribution in [3.63, 3.8) is 0 Å². The van der Waals surface area contributed by atoms with Gasteiger partial charge in [0.25, 0.3) is 0 Å². The summed E-state index contributed by atoms with van der Waals surface area (Å²) < 4.78 is 0. The molecule has 15 heavy (non-hydrogen) atoms. The van der Waals surface area contributed by atoms with Gasteiger partial charge in [0, 0.05) is 13.6 Å². The van der Waals surface area contributed by atoms with Crippen molar-refractivity contribution in [3.05, 3.63) is 29.8 Å². The molecule has 0 atom stereocenters. The summed E-state index contributed by atoms with van der Waals surface area (Å²) in [6, 6.07) is 6.73. The van der Waals surface area contributed by atoms with Gasteiger partial charge in [0.15, 0.2) is 0 Å². The lowest BCUT2D eigenvalue weighted by atomic mass is 10.2. The van der Waals surface area contributed by atoms with Crippen molar-refractivity contribution in [2.24, 2.45) is 0 Å². The Labute approximate surface area is 89.3 Å². The van der Waals surface area contributed by atoms with Gasteiger partial charge in [-0.15, -0.1) is 6.42 Å². The van der Waals surface area contributed by atoms with Crippen LogP contribution in [0.5, 0.6) is 5.75 Å². The highest BCUT2D eigenvalue weighted by molar-refractivity contribution is 5.78. The Morgan fingerprint density at radius 2 is 2.07 bits per heavy atom. The lowest BCUT2D eigenvalue weighted by Crippen LogP contribution is -2.25. The van der Waals surface area contributed by atoms with E-state index < -0.39 is 0 Å². The normalized spacial score (nSPS) is 9.33. The van der Waals surface area contributed by atoms with E-state index in [2.05, 4.69) is 5.92 Å². The lowest BCUT2D eigenvalue weighted by Gasteiger charge is -2.15. The molecule has 78 valence electrons. The molecule has 0 saturated heterocycles. The molecule has 0 aliphatic rings. The number of hydrogen-bond acceptors (Lipinski definition) is 2. The van der Waals surface area contributed by atoms with Crippen molar-refractivity contribution >= 4 is 5.91 Å². The second-order valence-electron chi connectivity index (χ2n) is 3.30. The molecule has 0 fully saturated rings. The number of nitrogens with zero attached hydrogens (tertiary/aromatic N) is 1. The summed E-state index contributed by atoms with van der Waals surface area (Å²) in [6.45, 7) is 0.501. The summed E-state index contributed by atoms with van der Waals surface area (Å²) in [5.74, 6) is 2.45. The first-order chi connectivity index (χ1) is 7.13. The maximum atomic E-state index is 11.3. The molecule has 0 heterocycles. The second-order valence-corrected chi connectivity index (χ2v) is 3.30. The number of terminal acetylenes is 1. The fourth-order valence-corrected chi connectivity index (χ4v) is 1.19. The number of carbonyl (C=O) groups excluding carboxylic acids is 1. The first-order valence-corrected chi connectivity index (χ1v) is 4.59. The molecule has 1 aromatic carbocycles. The fourth-order valence-electron chi connectivity index (χ4n) is 1.19. The number of benzene rings is 1. The van der Waals surface area contributed by atoms with E-state index in [1.54, 1.807) is 36.2 Å². The van der Waals surface area contributed by atoms with Gasteiger partial charge in [-0.3, -0.25) is 4.79 Å². The number of carbonyl (C=O) groups is 1. The highest BCUT2D eigenvalue weighted by Crippen LogP contribution is 2.11. The number of aromatic hydroxyl groups is 1. The molecule has 0 radical (unpaired) electrons. The van der Waals surface area contributed by atoms with Crippen LogP contribution in [0.25, 0.3) is 0 Å². The number of phenols is 1. The van der Waals surface area contributed by atoms with E-state index in [1.807, 2.05) is 0 Å². The number of rotatable bonds is 3. The van der Waals surface area contributed by atoms with Gasteiger partial charge in [-0.25, -0.2) is 0 Å². The quantitative estimate of drug-likeness (QED) is 0.754. The molecular weight excluding hydrogens is 190 g/mol. The van der Waals surface area contributed by atoms with Crippen molar-refractivity contribution < 1.29 is 9.90 Å². The Balaban J connectivity index is 2.59. The zero-order chi connectivity index (χ0) is 11.3. The first-order valence-electron chi connectivity index (χ1n) is 4.59. The topological polar surface area (TPSA) is 40.5 Å². The van der Waals surface area contributed by atoms with Gasteiger partial charge in [0.05, 0.1) is 6.42 Å². The van der Waals surface area contributed by atoms with E-state index in [0.29, 0.717) is 6.54 Å². The molecule has 1 aromatic rings. The molecule has 0 aliphatic heterocycles. The highest BCUT2D eigenvalue weighted by Gasteiger charge is 2.06. The summed E-state index contributed by atoms with van der Waals surface area (Å²) >= 11 is 0. The van der Waals surface area contributed by atoms with E-state index in [1.165, 1.54) is 0 Å². The third-order valence-electron chi connectivity index (χ3n) is 2.04. The Bertz CT molecular complexity index is 376. The monoisotopic (exact) mass is 203 g/mol. The Morgan fingerprint density at radius 3 is 2.60 bits per heavy atom. The molecule has 1 rings (SSSR count). The van der Waals surface area contributed by atoms with Crippen LogP contribution < -0.4 is 0 Å². The Hall–Kier alpha value is -1.95. The molecular formula is C12H13NO2. The average Bonchev–Trinajstić information content (AvgIpc) is 2.22. The molecule has 0 saturated carbocycles. The van der Waals surface area contributed by atoms with Crippen LogP contribution in [0.2, 0.25) is 0 Å². The van der Waals surface area contributed by atoms with Crippen LogP contribution in [0, 0.1) is 12.3 Å². The summed E-state index contributed by atoms with van der Waals surface area (Å²) in [5.41, 5.74) is 0.959. The molecule has 0 bridgehead atoms. The number of amides is 1. The van der Waals surface area contributed by atoms with Crippen LogP contribution >= 0.6 is 0 Å². The molecule has 0 aromatic heterocycles. The van der Waals surface area contributed by atoms with Crippen LogP contribution in [0.4, 0.5) is 0 Å². The van der Waals surface area contributed by atoms with Crippen molar-refractivity contribution in [1.82, 2.24) is 4.90 Å². The van der Waals surface area contributed by atoms with E-state index in [4.69, 9.17) is 11.5 Å².